The Labute approximate surface area is 129 Å². The molecule has 2 aromatic rings. The van der Waals surface area contributed by atoms with Crippen molar-refractivity contribution in [3.05, 3.63) is 58.5 Å². The summed E-state index contributed by atoms with van der Waals surface area (Å²) in [7, 11) is 0. The lowest BCUT2D eigenvalue weighted by Gasteiger charge is -2.19. The van der Waals surface area contributed by atoms with Gasteiger partial charge in [-0.25, -0.2) is 0 Å². The number of carbonyl (C=O) groups is 1. The van der Waals surface area contributed by atoms with Gasteiger partial charge in [0.2, 0.25) is 5.91 Å². The molecule has 1 amide bonds. The summed E-state index contributed by atoms with van der Waals surface area (Å²) in [6, 6.07) is 9.67. The molecule has 5 nitrogen and oxygen atoms in total. The maximum Gasteiger partial charge on any atom is 0.251 e. The second kappa shape index (κ2) is 6.93. The Kier molecular flexibility index (Phi) is 4.99. The fourth-order valence-electron chi connectivity index (χ4n) is 2.32. The Morgan fingerprint density at radius 1 is 1.23 bits per heavy atom. The first-order valence-electron chi connectivity index (χ1n) is 7.36. The van der Waals surface area contributed by atoms with Gasteiger partial charge < -0.3 is 15.6 Å². The van der Waals surface area contributed by atoms with Crippen molar-refractivity contribution in [2.24, 2.45) is 0 Å². The highest BCUT2D eigenvalue weighted by atomic mass is 16.2. The maximum absolute atomic E-state index is 12.5. The van der Waals surface area contributed by atoms with Crippen molar-refractivity contribution in [2.75, 3.05) is 11.1 Å². The van der Waals surface area contributed by atoms with E-state index >= 15 is 0 Å². The van der Waals surface area contributed by atoms with Crippen LogP contribution in [0.25, 0.3) is 0 Å². The fraction of sp³-hybridized carbons (Fsp3) is 0.294. The fourth-order valence-corrected chi connectivity index (χ4v) is 2.32. The summed E-state index contributed by atoms with van der Waals surface area (Å²) in [5.74, 6) is -0.195. The summed E-state index contributed by atoms with van der Waals surface area (Å²) in [4.78, 5) is 24.6. The number of rotatable bonds is 5. The lowest BCUT2D eigenvalue weighted by Crippen LogP contribution is -2.32. The number of hydrogen-bond acceptors (Lipinski definition) is 3. The lowest BCUT2D eigenvalue weighted by molar-refractivity contribution is -0.119. The molecule has 0 fully saturated rings. The number of amides is 1. The number of aryl methyl sites for hydroxylation is 1. The van der Waals surface area contributed by atoms with E-state index in [-0.39, 0.29) is 11.5 Å². The Hall–Kier alpha value is -2.56. The van der Waals surface area contributed by atoms with Crippen molar-refractivity contribution in [1.82, 2.24) is 4.57 Å². The predicted molar refractivity (Wildman–Crippen MR) is 88.9 cm³/mol. The molecule has 22 heavy (non-hydrogen) atoms. The molecule has 2 rings (SSSR count). The van der Waals surface area contributed by atoms with Crippen LogP contribution in [-0.2, 0) is 4.79 Å². The molecule has 0 bridgehead atoms. The van der Waals surface area contributed by atoms with Crippen LogP contribution in [0.15, 0.2) is 47.4 Å². The van der Waals surface area contributed by atoms with Crippen LogP contribution < -0.4 is 16.6 Å². The SMILES string of the molecule is CCCC(C(=O)Nc1ccc(N)cc1)n1cc(C)ccc1=O. The van der Waals surface area contributed by atoms with E-state index in [9.17, 15) is 9.59 Å². The molecule has 3 N–H and O–H groups in total. The number of aromatic nitrogens is 1. The standard InChI is InChI=1S/C17H21N3O2/c1-3-4-15(20-11-12(2)5-10-16(20)21)17(22)19-14-8-6-13(18)7-9-14/h5-11,15H,3-4,18H2,1-2H3,(H,19,22). The molecule has 1 heterocycles. The molecular formula is C17H21N3O2. The maximum atomic E-state index is 12.5. The van der Waals surface area contributed by atoms with E-state index in [2.05, 4.69) is 5.32 Å². The van der Waals surface area contributed by atoms with Crippen LogP contribution >= 0.6 is 0 Å². The lowest BCUT2D eigenvalue weighted by atomic mass is 10.1. The highest BCUT2D eigenvalue weighted by molar-refractivity contribution is 5.93. The number of pyridine rings is 1. The first-order valence-corrected chi connectivity index (χ1v) is 7.36. The monoisotopic (exact) mass is 299 g/mol. The number of nitrogens with one attached hydrogen (secondary N) is 1. The minimum Gasteiger partial charge on any atom is -0.399 e. The van der Waals surface area contributed by atoms with Crippen molar-refractivity contribution >= 4 is 17.3 Å². The van der Waals surface area contributed by atoms with Gasteiger partial charge in [0.25, 0.3) is 5.56 Å². The van der Waals surface area contributed by atoms with E-state index in [1.54, 1.807) is 36.5 Å². The van der Waals surface area contributed by atoms with E-state index in [4.69, 9.17) is 5.73 Å². The molecule has 1 atom stereocenters. The van der Waals surface area contributed by atoms with Gasteiger partial charge in [-0.3, -0.25) is 9.59 Å². The van der Waals surface area contributed by atoms with Crippen molar-refractivity contribution in [2.45, 2.75) is 32.7 Å². The zero-order valence-electron chi connectivity index (χ0n) is 12.9. The number of carbonyl (C=O) groups excluding carboxylic acids is 1. The summed E-state index contributed by atoms with van der Waals surface area (Å²) in [6.07, 6.45) is 3.13. The molecule has 0 aliphatic rings. The number of nitrogens with zero attached hydrogens (tertiary/aromatic N) is 1. The highest BCUT2D eigenvalue weighted by Gasteiger charge is 2.20. The third-order valence-electron chi connectivity index (χ3n) is 3.46. The zero-order valence-corrected chi connectivity index (χ0v) is 12.9. The normalized spacial score (nSPS) is 11.9. The Bertz CT molecular complexity index is 705. The Balaban J connectivity index is 2.27. The molecular weight excluding hydrogens is 278 g/mol. The number of nitrogens with two attached hydrogens (primary N) is 1. The quantitative estimate of drug-likeness (QED) is 0.833. The summed E-state index contributed by atoms with van der Waals surface area (Å²) >= 11 is 0. The molecule has 0 aliphatic heterocycles. The number of benzene rings is 1. The Morgan fingerprint density at radius 3 is 2.55 bits per heavy atom. The summed E-state index contributed by atoms with van der Waals surface area (Å²) in [5.41, 5.74) is 7.71. The first-order chi connectivity index (χ1) is 10.5. The molecule has 1 aromatic heterocycles. The van der Waals surface area contributed by atoms with Crippen LogP contribution in [0.3, 0.4) is 0 Å². The van der Waals surface area contributed by atoms with Crippen molar-refractivity contribution < 1.29 is 4.79 Å². The minimum absolute atomic E-state index is 0.170. The van der Waals surface area contributed by atoms with Crippen LogP contribution in [-0.4, -0.2) is 10.5 Å². The zero-order chi connectivity index (χ0) is 16.1. The van der Waals surface area contributed by atoms with E-state index in [0.29, 0.717) is 17.8 Å². The summed E-state index contributed by atoms with van der Waals surface area (Å²) in [5, 5.41) is 2.84. The third-order valence-corrected chi connectivity index (χ3v) is 3.46. The van der Waals surface area contributed by atoms with Crippen molar-refractivity contribution in [3.8, 4) is 0 Å². The summed E-state index contributed by atoms with van der Waals surface area (Å²) in [6.45, 7) is 3.89. The molecule has 0 radical (unpaired) electrons. The van der Waals surface area contributed by atoms with Crippen LogP contribution in [0.1, 0.15) is 31.4 Å². The van der Waals surface area contributed by atoms with Crippen LogP contribution in [0.4, 0.5) is 11.4 Å². The van der Waals surface area contributed by atoms with Gasteiger partial charge in [0, 0.05) is 23.6 Å². The van der Waals surface area contributed by atoms with E-state index in [0.717, 1.165) is 12.0 Å². The topological polar surface area (TPSA) is 77.1 Å². The predicted octanol–water partition coefficient (Wildman–Crippen LogP) is 2.72. The molecule has 1 aromatic carbocycles. The van der Waals surface area contributed by atoms with Crippen molar-refractivity contribution in [1.29, 1.82) is 0 Å². The molecule has 0 saturated heterocycles. The second-order valence-electron chi connectivity index (χ2n) is 5.37. The Morgan fingerprint density at radius 2 is 1.91 bits per heavy atom. The van der Waals surface area contributed by atoms with E-state index in [1.807, 2.05) is 13.8 Å². The van der Waals surface area contributed by atoms with Crippen molar-refractivity contribution in [3.63, 3.8) is 0 Å². The molecule has 0 spiro atoms. The molecule has 0 aliphatic carbocycles. The smallest absolute Gasteiger partial charge is 0.251 e. The van der Waals surface area contributed by atoms with Gasteiger partial charge in [0.15, 0.2) is 0 Å². The van der Waals surface area contributed by atoms with Crippen LogP contribution in [0.2, 0.25) is 0 Å². The van der Waals surface area contributed by atoms with Gasteiger partial charge in [-0.2, -0.15) is 0 Å². The first kappa shape index (κ1) is 15.8. The second-order valence-corrected chi connectivity index (χ2v) is 5.37. The van der Waals surface area contributed by atoms with Gasteiger partial charge in [-0.15, -0.1) is 0 Å². The average Bonchev–Trinajstić information content (AvgIpc) is 2.50. The van der Waals surface area contributed by atoms with Gasteiger partial charge in [-0.05, 0) is 43.2 Å². The van der Waals surface area contributed by atoms with Crippen LogP contribution in [0, 0.1) is 6.92 Å². The number of hydrogen-bond donors (Lipinski definition) is 2. The molecule has 5 heteroatoms. The molecule has 116 valence electrons. The largest absolute Gasteiger partial charge is 0.399 e. The summed E-state index contributed by atoms with van der Waals surface area (Å²) < 4.78 is 1.51. The van der Waals surface area contributed by atoms with Gasteiger partial charge in [0.05, 0.1) is 0 Å². The average molecular weight is 299 g/mol. The van der Waals surface area contributed by atoms with E-state index < -0.39 is 6.04 Å². The minimum atomic E-state index is -0.519. The molecule has 0 saturated carbocycles. The molecule has 1 unspecified atom stereocenters. The van der Waals surface area contributed by atoms with Gasteiger partial charge in [-0.1, -0.05) is 19.4 Å². The highest BCUT2D eigenvalue weighted by Crippen LogP contribution is 2.17. The van der Waals surface area contributed by atoms with Gasteiger partial charge in [0.1, 0.15) is 6.04 Å². The van der Waals surface area contributed by atoms with Gasteiger partial charge >= 0.3 is 0 Å². The number of nitrogen functional groups attached to an aromatic ring is 1. The third kappa shape index (κ3) is 3.75. The van der Waals surface area contributed by atoms with Crippen LogP contribution in [0.5, 0.6) is 0 Å². The van der Waals surface area contributed by atoms with E-state index in [1.165, 1.54) is 10.6 Å². The number of anilines is 2.